The molecule has 0 spiro atoms. The van der Waals surface area contributed by atoms with Crippen LogP contribution >= 0.6 is 11.3 Å². The van der Waals surface area contributed by atoms with Gasteiger partial charge in [-0.15, -0.1) is 5.10 Å². The highest BCUT2D eigenvalue weighted by Gasteiger charge is 1.97. The van der Waals surface area contributed by atoms with Crippen molar-refractivity contribution in [3.8, 4) is 0 Å². The van der Waals surface area contributed by atoms with Gasteiger partial charge in [-0.25, -0.2) is 5.10 Å². The van der Waals surface area contributed by atoms with E-state index in [1.807, 2.05) is 30.3 Å². The molecule has 2 N–H and O–H groups in total. The summed E-state index contributed by atoms with van der Waals surface area (Å²) in [7, 11) is 0. The molecule has 0 saturated carbocycles. The second kappa shape index (κ2) is 4.06. The molecular weight excluding hydrogens is 198 g/mol. The minimum atomic E-state index is -0.138. The van der Waals surface area contributed by atoms with Crippen LogP contribution in [0.3, 0.4) is 0 Å². The van der Waals surface area contributed by atoms with Crippen molar-refractivity contribution >= 4 is 16.5 Å². The zero-order valence-electron chi connectivity index (χ0n) is 7.36. The molecule has 0 saturated heterocycles. The van der Waals surface area contributed by atoms with Gasteiger partial charge in [-0.3, -0.25) is 4.79 Å². The van der Waals surface area contributed by atoms with E-state index in [9.17, 15) is 4.79 Å². The number of hydrogen-bond acceptors (Lipinski definition) is 4. The number of anilines is 1. The van der Waals surface area contributed by atoms with Crippen LogP contribution in [-0.4, -0.2) is 10.2 Å². The lowest BCUT2D eigenvalue weighted by Gasteiger charge is -2.00. The average Bonchev–Trinajstić information content (AvgIpc) is 2.63. The number of aromatic nitrogens is 2. The summed E-state index contributed by atoms with van der Waals surface area (Å²) >= 11 is 1.07. The van der Waals surface area contributed by atoms with Crippen LogP contribution in [0.1, 0.15) is 5.56 Å². The molecule has 0 fully saturated rings. The van der Waals surface area contributed by atoms with Gasteiger partial charge in [0.05, 0.1) is 0 Å². The summed E-state index contributed by atoms with van der Waals surface area (Å²) in [5.74, 6) is 0. The van der Waals surface area contributed by atoms with E-state index in [0.29, 0.717) is 11.7 Å². The van der Waals surface area contributed by atoms with Gasteiger partial charge in [0.25, 0.3) is 0 Å². The number of hydrogen-bond donors (Lipinski definition) is 2. The SMILES string of the molecule is O=c1[nH]nc(NCc2ccccc2)s1. The van der Waals surface area contributed by atoms with Gasteiger partial charge in [0.15, 0.2) is 0 Å². The number of rotatable bonds is 3. The van der Waals surface area contributed by atoms with E-state index in [0.717, 1.165) is 16.9 Å². The molecule has 0 aliphatic rings. The average molecular weight is 207 g/mol. The van der Waals surface area contributed by atoms with E-state index < -0.39 is 0 Å². The molecule has 0 radical (unpaired) electrons. The maximum Gasteiger partial charge on any atom is 0.324 e. The van der Waals surface area contributed by atoms with E-state index in [1.165, 1.54) is 0 Å². The first-order valence-electron chi connectivity index (χ1n) is 4.18. The van der Waals surface area contributed by atoms with E-state index >= 15 is 0 Å². The summed E-state index contributed by atoms with van der Waals surface area (Å²) in [6.07, 6.45) is 0. The van der Waals surface area contributed by atoms with Gasteiger partial charge in [0.2, 0.25) is 5.13 Å². The topological polar surface area (TPSA) is 57.8 Å². The molecule has 5 heteroatoms. The highest BCUT2D eigenvalue weighted by Crippen LogP contribution is 2.06. The summed E-state index contributed by atoms with van der Waals surface area (Å²) in [4.78, 5) is 10.6. The van der Waals surface area contributed by atoms with Gasteiger partial charge in [0.1, 0.15) is 0 Å². The number of H-pyrrole nitrogens is 1. The van der Waals surface area contributed by atoms with Crippen LogP contribution in [0.5, 0.6) is 0 Å². The van der Waals surface area contributed by atoms with Gasteiger partial charge < -0.3 is 5.32 Å². The van der Waals surface area contributed by atoms with Crippen molar-refractivity contribution in [2.24, 2.45) is 0 Å². The predicted octanol–water partition coefficient (Wildman–Crippen LogP) is 1.44. The van der Waals surface area contributed by atoms with Gasteiger partial charge in [-0.05, 0) is 16.9 Å². The first-order chi connectivity index (χ1) is 6.84. The lowest BCUT2D eigenvalue weighted by atomic mass is 10.2. The summed E-state index contributed by atoms with van der Waals surface area (Å²) in [5, 5.41) is 9.84. The van der Waals surface area contributed by atoms with Gasteiger partial charge >= 0.3 is 4.87 Å². The van der Waals surface area contributed by atoms with Crippen LogP contribution in [0.25, 0.3) is 0 Å². The van der Waals surface area contributed by atoms with E-state index in [4.69, 9.17) is 0 Å². The molecule has 1 heterocycles. The number of nitrogens with one attached hydrogen (secondary N) is 2. The molecule has 1 aromatic heterocycles. The summed E-state index contributed by atoms with van der Waals surface area (Å²) in [5.41, 5.74) is 1.16. The third kappa shape index (κ3) is 2.20. The molecule has 0 aliphatic carbocycles. The van der Waals surface area contributed by atoms with Crippen molar-refractivity contribution in [3.05, 3.63) is 45.6 Å². The molecule has 0 amide bonds. The van der Waals surface area contributed by atoms with Gasteiger partial charge in [-0.1, -0.05) is 30.3 Å². The highest BCUT2D eigenvalue weighted by molar-refractivity contribution is 7.12. The Labute approximate surface area is 84.6 Å². The Morgan fingerprint density at radius 3 is 2.79 bits per heavy atom. The molecule has 2 aromatic rings. The molecule has 0 bridgehead atoms. The first kappa shape index (κ1) is 8.96. The summed E-state index contributed by atoms with van der Waals surface area (Å²) < 4.78 is 0. The molecule has 2 rings (SSSR count). The molecule has 0 atom stereocenters. The summed E-state index contributed by atoms with van der Waals surface area (Å²) in [6.45, 7) is 0.682. The van der Waals surface area contributed by atoms with Crippen LogP contribution in [0, 0.1) is 0 Å². The largest absolute Gasteiger partial charge is 0.356 e. The normalized spacial score (nSPS) is 10.0. The maximum absolute atomic E-state index is 10.8. The third-order valence-electron chi connectivity index (χ3n) is 1.72. The molecule has 0 aliphatic heterocycles. The Hall–Kier alpha value is -1.62. The van der Waals surface area contributed by atoms with Crippen molar-refractivity contribution in [2.45, 2.75) is 6.54 Å². The Balaban J connectivity index is 1.98. The fourth-order valence-electron chi connectivity index (χ4n) is 1.08. The Morgan fingerprint density at radius 2 is 2.14 bits per heavy atom. The van der Waals surface area contributed by atoms with Crippen molar-refractivity contribution in [1.82, 2.24) is 10.2 Å². The van der Waals surface area contributed by atoms with E-state index in [-0.39, 0.29) is 4.87 Å². The zero-order valence-corrected chi connectivity index (χ0v) is 8.17. The van der Waals surface area contributed by atoms with Crippen LogP contribution in [-0.2, 0) is 6.54 Å². The molecule has 14 heavy (non-hydrogen) atoms. The minimum absolute atomic E-state index is 0.138. The van der Waals surface area contributed by atoms with Gasteiger partial charge in [0, 0.05) is 6.54 Å². The smallest absolute Gasteiger partial charge is 0.324 e. The fourth-order valence-corrected chi connectivity index (χ4v) is 1.58. The second-order valence-corrected chi connectivity index (χ2v) is 3.72. The molecule has 4 nitrogen and oxygen atoms in total. The monoisotopic (exact) mass is 207 g/mol. The predicted molar refractivity (Wildman–Crippen MR) is 56.5 cm³/mol. The Bertz CT molecular complexity index is 448. The lowest BCUT2D eigenvalue weighted by molar-refractivity contribution is 1.03. The standard InChI is InChI=1S/C9H9N3OS/c13-9-12-11-8(14-9)10-6-7-4-2-1-3-5-7/h1-5H,6H2,(H,10,11)(H,12,13). The number of nitrogens with zero attached hydrogens (tertiary/aromatic N) is 1. The quantitative estimate of drug-likeness (QED) is 0.800. The molecule has 0 unspecified atom stereocenters. The van der Waals surface area contributed by atoms with Crippen LogP contribution in [0.4, 0.5) is 5.13 Å². The fraction of sp³-hybridized carbons (Fsp3) is 0.111. The van der Waals surface area contributed by atoms with E-state index in [1.54, 1.807) is 0 Å². The molecular formula is C9H9N3OS. The molecule has 72 valence electrons. The minimum Gasteiger partial charge on any atom is -0.356 e. The van der Waals surface area contributed by atoms with Crippen LogP contribution in [0.2, 0.25) is 0 Å². The van der Waals surface area contributed by atoms with Crippen molar-refractivity contribution in [2.75, 3.05) is 5.32 Å². The van der Waals surface area contributed by atoms with Gasteiger partial charge in [-0.2, -0.15) is 0 Å². The van der Waals surface area contributed by atoms with Crippen LogP contribution in [0.15, 0.2) is 35.1 Å². The van der Waals surface area contributed by atoms with E-state index in [2.05, 4.69) is 15.5 Å². The first-order valence-corrected chi connectivity index (χ1v) is 4.99. The zero-order chi connectivity index (χ0) is 9.80. The Morgan fingerprint density at radius 1 is 1.36 bits per heavy atom. The molecule has 1 aromatic carbocycles. The summed E-state index contributed by atoms with van der Waals surface area (Å²) in [6, 6.07) is 9.95. The van der Waals surface area contributed by atoms with Crippen molar-refractivity contribution in [1.29, 1.82) is 0 Å². The van der Waals surface area contributed by atoms with Crippen molar-refractivity contribution in [3.63, 3.8) is 0 Å². The van der Waals surface area contributed by atoms with Crippen LogP contribution < -0.4 is 10.2 Å². The maximum atomic E-state index is 10.8. The Kier molecular flexibility index (Phi) is 2.60. The van der Waals surface area contributed by atoms with Crippen molar-refractivity contribution < 1.29 is 0 Å². The number of benzene rings is 1. The highest BCUT2D eigenvalue weighted by atomic mass is 32.1. The number of aromatic amines is 1. The lowest BCUT2D eigenvalue weighted by Crippen LogP contribution is -1.98. The third-order valence-corrected chi connectivity index (χ3v) is 2.43. The second-order valence-electron chi connectivity index (χ2n) is 2.76.